The number of carbonyl (C=O) groups excluding carboxylic acids is 2. The lowest BCUT2D eigenvalue weighted by Crippen LogP contribution is -2.37. The standard InChI is InChI=1S/C15H23N3O2/c1-15(2,3)17-10-9-13(19)18-12-7-5-11(6-8-12)14(20)16-4/h5-8,17H,9-10H2,1-4H3,(H,16,20)(H,18,19). The van der Waals surface area contributed by atoms with E-state index in [1.54, 1.807) is 31.3 Å². The van der Waals surface area contributed by atoms with Crippen LogP contribution in [-0.4, -0.2) is 30.9 Å². The number of carbonyl (C=O) groups is 2. The first-order valence-electron chi connectivity index (χ1n) is 6.69. The minimum absolute atomic E-state index is 0.00937. The van der Waals surface area contributed by atoms with Crippen LogP contribution in [0.15, 0.2) is 24.3 Å². The summed E-state index contributed by atoms with van der Waals surface area (Å²) in [4.78, 5) is 23.1. The second kappa shape index (κ2) is 7.05. The van der Waals surface area contributed by atoms with Gasteiger partial charge in [-0.25, -0.2) is 0 Å². The monoisotopic (exact) mass is 277 g/mol. The molecule has 1 aromatic carbocycles. The van der Waals surface area contributed by atoms with Crippen LogP contribution in [-0.2, 0) is 4.79 Å². The largest absolute Gasteiger partial charge is 0.355 e. The van der Waals surface area contributed by atoms with E-state index in [1.807, 2.05) is 0 Å². The molecule has 0 aromatic heterocycles. The van der Waals surface area contributed by atoms with Gasteiger partial charge in [0.2, 0.25) is 5.91 Å². The van der Waals surface area contributed by atoms with Crippen molar-refractivity contribution in [3.05, 3.63) is 29.8 Å². The summed E-state index contributed by atoms with van der Waals surface area (Å²) in [7, 11) is 1.58. The molecule has 0 saturated carbocycles. The summed E-state index contributed by atoms with van der Waals surface area (Å²) < 4.78 is 0. The third-order valence-corrected chi connectivity index (χ3v) is 2.67. The molecule has 5 heteroatoms. The molecule has 20 heavy (non-hydrogen) atoms. The summed E-state index contributed by atoms with van der Waals surface area (Å²) >= 11 is 0. The molecule has 0 aliphatic heterocycles. The average Bonchev–Trinajstić information content (AvgIpc) is 2.37. The van der Waals surface area contributed by atoms with Crippen LogP contribution in [0.2, 0.25) is 0 Å². The van der Waals surface area contributed by atoms with Crippen molar-refractivity contribution in [3.63, 3.8) is 0 Å². The summed E-state index contributed by atoms with van der Waals surface area (Å²) in [5, 5.41) is 8.61. The number of hydrogen-bond donors (Lipinski definition) is 3. The van der Waals surface area contributed by atoms with Gasteiger partial charge in [-0.1, -0.05) is 0 Å². The van der Waals surface area contributed by atoms with E-state index in [0.29, 0.717) is 24.2 Å². The van der Waals surface area contributed by atoms with Gasteiger partial charge in [-0.3, -0.25) is 9.59 Å². The van der Waals surface area contributed by atoms with Gasteiger partial charge in [-0.05, 0) is 45.0 Å². The van der Waals surface area contributed by atoms with Crippen LogP contribution in [0.5, 0.6) is 0 Å². The molecule has 0 fully saturated rings. The van der Waals surface area contributed by atoms with Crippen molar-refractivity contribution in [3.8, 4) is 0 Å². The van der Waals surface area contributed by atoms with Crippen molar-refractivity contribution in [2.24, 2.45) is 0 Å². The first-order chi connectivity index (χ1) is 9.31. The Morgan fingerprint density at radius 3 is 2.20 bits per heavy atom. The summed E-state index contributed by atoms with van der Waals surface area (Å²) in [5.74, 6) is -0.188. The molecule has 0 spiro atoms. The predicted octanol–water partition coefficient (Wildman–Crippen LogP) is 1.76. The summed E-state index contributed by atoms with van der Waals surface area (Å²) in [6.45, 7) is 6.80. The van der Waals surface area contributed by atoms with Crippen molar-refractivity contribution in [1.82, 2.24) is 10.6 Å². The zero-order valence-corrected chi connectivity index (χ0v) is 12.5. The highest BCUT2D eigenvalue weighted by Gasteiger charge is 2.10. The third kappa shape index (κ3) is 5.84. The molecule has 110 valence electrons. The molecule has 0 aliphatic rings. The van der Waals surface area contributed by atoms with Crippen LogP contribution in [0.3, 0.4) is 0 Å². The molecular formula is C15H23N3O2. The van der Waals surface area contributed by atoms with Gasteiger partial charge in [0.15, 0.2) is 0 Å². The normalized spacial score (nSPS) is 11.0. The maximum atomic E-state index is 11.7. The first kappa shape index (κ1) is 16.2. The second-order valence-corrected chi connectivity index (χ2v) is 5.63. The van der Waals surface area contributed by atoms with Gasteiger partial charge in [0, 0.05) is 36.8 Å². The minimum Gasteiger partial charge on any atom is -0.355 e. The zero-order valence-electron chi connectivity index (χ0n) is 12.5. The Bertz CT molecular complexity index is 461. The van der Waals surface area contributed by atoms with Crippen molar-refractivity contribution in [2.75, 3.05) is 18.9 Å². The molecule has 0 radical (unpaired) electrons. The molecule has 5 nitrogen and oxygen atoms in total. The Morgan fingerprint density at radius 1 is 1.10 bits per heavy atom. The Hall–Kier alpha value is -1.88. The molecule has 1 rings (SSSR count). The topological polar surface area (TPSA) is 70.2 Å². The fraction of sp³-hybridized carbons (Fsp3) is 0.467. The van der Waals surface area contributed by atoms with E-state index in [1.165, 1.54) is 0 Å². The highest BCUT2D eigenvalue weighted by molar-refractivity contribution is 5.95. The highest BCUT2D eigenvalue weighted by atomic mass is 16.2. The van der Waals surface area contributed by atoms with E-state index in [9.17, 15) is 9.59 Å². The number of hydrogen-bond acceptors (Lipinski definition) is 3. The van der Waals surface area contributed by atoms with E-state index >= 15 is 0 Å². The molecule has 0 heterocycles. The van der Waals surface area contributed by atoms with Crippen molar-refractivity contribution >= 4 is 17.5 Å². The molecule has 0 saturated heterocycles. The van der Waals surface area contributed by atoms with Crippen LogP contribution in [0, 0.1) is 0 Å². The summed E-state index contributed by atoms with van der Waals surface area (Å²) in [6, 6.07) is 6.81. The number of nitrogens with one attached hydrogen (secondary N) is 3. The second-order valence-electron chi connectivity index (χ2n) is 5.63. The van der Waals surface area contributed by atoms with Gasteiger partial charge in [-0.15, -0.1) is 0 Å². The van der Waals surface area contributed by atoms with E-state index < -0.39 is 0 Å². The lowest BCUT2D eigenvalue weighted by atomic mass is 10.1. The Balaban J connectivity index is 2.44. The van der Waals surface area contributed by atoms with Gasteiger partial charge >= 0.3 is 0 Å². The van der Waals surface area contributed by atoms with E-state index in [2.05, 4.69) is 36.7 Å². The molecule has 3 N–H and O–H groups in total. The molecular weight excluding hydrogens is 254 g/mol. The summed E-state index contributed by atoms with van der Waals surface area (Å²) in [6.07, 6.45) is 0.411. The quantitative estimate of drug-likeness (QED) is 0.768. The number of benzene rings is 1. The first-order valence-corrected chi connectivity index (χ1v) is 6.69. The fourth-order valence-electron chi connectivity index (χ4n) is 1.62. The van der Waals surface area contributed by atoms with Crippen LogP contribution < -0.4 is 16.0 Å². The molecule has 0 atom stereocenters. The SMILES string of the molecule is CNC(=O)c1ccc(NC(=O)CCNC(C)(C)C)cc1. The lowest BCUT2D eigenvalue weighted by molar-refractivity contribution is -0.116. The van der Waals surface area contributed by atoms with Crippen LogP contribution >= 0.6 is 0 Å². The Labute approximate surface area is 120 Å². The van der Waals surface area contributed by atoms with Gasteiger partial charge in [0.25, 0.3) is 5.91 Å². The molecule has 2 amide bonds. The van der Waals surface area contributed by atoms with Gasteiger partial charge in [0.1, 0.15) is 0 Å². The van der Waals surface area contributed by atoms with Gasteiger partial charge in [0.05, 0.1) is 0 Å². The molecule has 0 unspecified atom stereocenters. The maximum Gasteiger partial charge on any atom is 0.251 e. The van der Waals surface area contributed by atoms with Crippen LogP contribution in [0.4, 0.5) is 5.69 Å². The van der Waals surface area contributed by atoms with Gasteiger partial charge < -0.3 is 16.0 Å². The number of anilines is 1. The van der Waals surface area contributed by atoms with E-state index in [4.69, 9.17) is 0 Å². The molecule has 1 aromatic rings. The number of rotatable bonds is 5. The van der Waals surface area contributed by atoms with Crippen molar-refractivity contribution in [1.29, 1.82) is 0 Å². The Morgan fingerprint density at radius 2 is 1.70 bits per heavy atom. The van der Waals surface area contributed by atoms with E-state index in [-0.39, 0.29) is 17.4 Å². The zero-order chi connectivity index (χ0) is 15.2. The minimum atomic E-state index is -0.141. The van der Waals surface area contributed by atoms with Gasteiger partial charge in [-0.2, -0.15) is 0 Å². The average molecular weight is 277 g/mol. The lowest BCUT2D eigenvalue weighted by Gasteiger charge is -2.20. The van der Waals surface area contributed by atoms with Crippen LogP contribution in [0.1, 0.15) is 37.6 Å². The number of amides is 2. The van der Waals surface area contributed by atoms with Crippen molar-refractivity contribution in [2.45, 2.75) is 32.7 Å². The maximum absolute atomic E-state index is 11.7. The summed E-state index contributed by atoms with van der Waals surface area (Å²) in [5.41, 5.74) is 1.27. The third-order valence-electron chi connectivity index (χ3n) is 2.67. The van der Waals surface area contributed by atoms with E-state index in [0.717, 1.165) is 0 Å². The van der Waals surface area contributed by atoms with Crippen LogP contribution in [0.25, 0.3) is 0 Å². The fourth-order valence-corrected chi connectivity index (χ4v) is 1.62. The molecule has 0 aliphatic carbocycles. The highest BCUT2D eigenvalue weighted by Crippen LogP contribution is 2.10. The smallest absolute Gasteiger partial charge is 0.251 e. The Kier molecular flexibility index (Phi) is 5.70. The van der Waals surface area contributed by atoms with Crippen molar-refractivity contribution < 1.29 is 9.59 Å². The molecule has 0 bridgehead atoms. The predicted molar refractivity (Wildman–Crippen MR) is 80.8 cm³/mol.